The molecule has 4 rings (SSSR count). The number of aliphatic carboxylic acids is 1. The largest absolute Gasteiger partial charge is 0.481 e. The van der Waals surface area contributed by atoms with Crippen molar-refractivity contribution < 1.29 is 33.8 Å². The SMILES string of the molecule is CC[C@H](C)[C@@H](C(CC(=O)O)OC)N(C)C(=O)[C@@H](NC(=O)[C@H](C(C)C)N1CCN(C(=O)OCC2c3ccccc3-c3ccccc32)CC1)C(C)C. The van der Waals surface area contributed by atoms with E-state index >= 15 is 0 Å². The predicted molar refractivity (Wildman–Crippen MR) is 193 cm³/mol. The summed E-state index contributed by atoms with van der Waals surface area (Å²) in [6.45, 7) is 13.8. The van der Waals surface area contributed by atoms with Crippen molar-refractivity contribution in [3.63, 3.8) is 0 Å². The number of piperazine rings is 1. The molecule has 1 fully saturated rings. The second kappa shape index (κ2) is 17.3. The van der Waals surface area contributed by atoms with Crippen LogP contribution in [0.15, 0.2) is 48.5 Å². The zero-order valence-electron chi connectivity index (χ0n) is 30.9. The number of nitrogens with one attached hydrogen (secondary N) is 1. The van der Waals surface area contributed by atoms with Gasteiger partial charge in [0.1, 0.15) is 12.6 Å². The Kier molecular flexibility index (Phi) is 13.4. The van der Waals surface area contributed by atoms with Crippen LogP contribution < -0.4 is 5.32 Å². The minimum Gasteiger partial charge on any atom is -0.481 e. The number of benzene rings is 2. The summed E-state index contributed by atoms with van der Waals surface area (Å²) in [7, 11) is 3.13. The summed E-state index contributed by atoms with van der Waals surface area (Å²) < 4.78 is 11.5. The Morgan fingerprint density at radius 2 is 1.46 bits per heavy atom. The smallest absolute Gasteiger partial charge is 0.409 e. The molecular weight excluding hydrogens is 636 g/mol. The fraction of sp³-hybridized carbons (Fsp3) is 0.590. The van der Waals surface area contributed by atoms with Gasteiger partial charge in [-0.3, -0.25) is 19.3 Å². The molecule has 2 aromatic rings. The number of amides is 3. The third kappa shape index (κ3) is 8.66. The topological polar surface area (TPSA) is 129 Å². The van der Waals surface area contributed by atoms with Crippen LogP contribution >= 0.6 is 0 Å². The van der Waals surface area contributed by atoms with Gasteiger partial charge in [0.05, 0.1) is 24.6 Å². The zero-order chi connectivity index (χ0) is 36.7. The number of likely N-dealkylation sites (N-methyl/N-ethyl adjacent to an activating group) is 1. The Morgan fingerprint density at radius 1 is 0.900 bits per heavy atom. The van der Waals surface area contributed by atoms with Crippen molar-refractivity contribution in [2.75, 3.05) is 46.9 Å². The molecule has 1 saturated heterocycles. The first-order chi connectivity index (χ1) is 23.8. The van der Waals surface area contributed by atoms with E-state index in [1.807, 2.05) is 65.8 Å². The van der Waals surface area contributed by atoms with Crippen LogP contribution in [-0.2, 0) is 23.9 Å². The predicted octanol–water partition coefficient (Wildman–Crippen LogP) is 5.08. The standard InChI is InChI=1S/C39H56N4O7/c1-9-26(6)36(32(49-8)22-33(44)45)41(7)38(47)34(24(2)3)40-37(46)35(25(4)5)42-18-20-43(21-19-42)39(48)50-23-31-29-16-12-10-14-27(29)28-15-11-13-17-30(28)31/h10-17,24-26,31-32,34-36H,9,18-23H2,1-8H3,(H,40,46)(H,44,45)/t26-,32?,34-,35-,36-/m0/s1. The number of carbonyl (C=O) groups is 4. The van der Waals surface area contributed by atoms with E-state index in [2.05, 4.69) is 34.5 Å². The first kappa shape index (κ1) is 38.8. The molecule has 2 aromatic carbocycles. The van der Waals surface area contributed by atoms with Crippen molar-refractivity contribution in [1.29, 1.82) is 0 Å². The van der Waals surface area contributed by atoms with Crippen molar-refractivity contribution in [3.05, 3.63) is 59.7 Å². The molecule has 50 heavy (non-hydrogen) atoms. The van der Waals surface area contributed by atoms with E-state index in [-0.39, 0.29) is 54.6 Å². The molecule has 1 heterocycles. The van der Waals surface area contributed by atoms with Crippen LogP contribution in [0.25, 0.3) is 11.1 Å². The maximum atomic E-state index is 14.0. The van der Waals surface area contributed by atoms with Crippen LogP contribution in [0.5, 0.6) is 0 Å². The van der Waals surface area contributed by atoms with Gasteiger partial charge in [-0.25, -0.2) is 4.79 Å². The summed E-state index contributed by atoms with van der Waals surface area (Å²) in [6, 6.07) is 14.7. The van der Waals surface area contributed by atoms with Crippen molar-refractivity contribution in [2.24, 2.45) is 17.8 Å². The highest BCUT2D eigenvalue weighted by molar-refractivity contribution is 5.90. The molecule has 5 atom stereocenters. The van der Waals surface area contributed by atoms with E-state index in [4.69, 9.17) is 9.47 Å². The molecule has 274 valence electrons. The Bertz CT molecular complexity index is 1440. The molecule has 0 bridgehead atoms. The average Bonchev–Trinajstić information content (AvgIpc) is 3.42. The van der Waals surface area contributed by atoms with Crippen LogP contribution in [0.1, 0.15) is 71.4 Å². The molecule has 2 N–H and O–H groups in total. The second-order valence-electron chi connectivity index (χ2n) is 14.4. The molecule has 1 unspecified atom stereocenters. The van der Waals surface area contributed by atoms with Gasteiger partial charge >= 0.3 is 12.1 Å². The van der Waals surface area contributed by atoms with Gasteiger partial charge in [0.2, 0.25) is 11.8 Å². The summed E-state index contributed by atoms with van der Waals surface area (Å²) in [5, 5.41) is 12.6. The number of carboxylic acids is 1. The Hall–Kier alpha value is -3.96. The molecule has 2 aliphatic rings. The fourth-order valence-electron chi connectivity index (χ4n) is 7.63. The lowest BCUT2D eigenvalue weighted by molar-refractivity contribution is -0.148. The van der Waals surface area contributed by atoms with Gasteiger partial charge in [-0.15, -0.1) is 0 Å². The lowest BCUT2D eigenvalue weighted by Gasteiger charge is -2.41. The van der Waals surface area contributed by atoms with Gasteiger partial charge in [-0.2, -0.15) is 0 Å². The summed E-state index contributed by atoms with van der Waals surface area (Å²) in [4.78, 5) is 58.2. The number of rotatable bonds is 15. The van der Waals surface area contributed by atoms with Crippen LogP contribution in [0.2, 0.25) is 0 Å². The molecule has 0 saturated carbocycles. The normalized spacial score (nSPS) is 17.8. The minimum absolute atomic E-state index is 0.0182. The van der Waals surface area contributed by atoms with Crippen molar-refractivity contribution in [1.82, 2.24) is 20.0 Å². The number of methoxy groups -OCH3 is 1. The molecular formula is C39H56N4O7. The van der Waals surface area contributed by atoms with Crippen LogP contribution in [0, 0.1) is 17.8 Å². The fourth-order valence-corrected chi connectivity index (χ4v) is 7.63. The van der Waals surface area contributed by atoms with E-state index in [1.165, 1.54) is 18.2 Å². The Morgan fingerprint density at radius 3 is 1.94 bits per heavy atom. The second-order valence-corrected chi connectivity index (χ2v) is 14.4. The molecule has 0 radical (unpaired) electrons. The first-order valence-corrected chi connectivity index (χ1v) is 18.0. The third-order valence-corrected chi connectivity index (χ3v) is 10.5. The maximum absolute atomic E-state index is 14.0. The molecule has 0 aromatic heterocycles. The average molecular weight is 693 g/mol. The molecule has 0 spiro atoms. The minimum atomic E-state index is -1.00. The van der Waals surface area contributed by atoms with Gasteiger partial charge in [0.15, 0.2) is 0 Å². The van der Waals surface area contributed by atoms with Crippen molar-refractivity contribution in [2.45, 2.75) is 84.5 Å². The van der Waals surface area contributed by atoms with Crippen molar-refractivity contribution >= 4 is 23.9 Å². The summed E-state index contributed by atoms with van der Waals surface area (Å²) in [5.74, 6) is -1.86. The number of fused-ring (bicyclic) bond motifs is 3. The van der Waals surface area contributed by atoms with Gasteiger partial charge in [0.25, 0.3) is 0 Å². The van der Waals surface area contributed by atoms with E-state index in [0.29, 0.717) is 26.2 Å². The quantitative estimate of drug-likeness (QED) is 0.265. The van der Waals surface area contributed by atoms with E-state index in [0.717, 1.165) is 17.5 Å². The van der Waals surface area contributed by atoms with E-state index in [9.17, 15) is 24.3 Å². The Labute approximate surface area is 297 Å². The maximum Gasteiger partial charge on any atom is 0.409 e. The van der Waals surface area contributed by atoms with Gasteiger partial charge in [0, 0.05) is 46.3 Å². The van der Waals surface area contributed by atoms with Crippen LogP contribution in [0.3, 0.4) is 0 Å². The zero-order valence-corrected chi connectivity index (χ0v) is 30.9. The van der Waals surface area contributed by atoms with Gasteiger partial charge < -0.3 is 29.7 Å². The van der Waals surface area contributed by atoms with Crippen LogP contribution in [0.4, 0.5) is 4.79 Å². The number of hydrogen-bond donors (Lipinski definition) is 2. The monoisotopic (exact) mass is 692 g/mol. The molecule has 1 aliphatic carbocycles. The molecule has 11 nitrogen and oxygen atoms in total. The van der Waals surface area contributed by atoms with Crippen molar-refractivity contribution in [3.8, 4) is 11.1 Å². The lowest BCUT2D eigenvalue weighted by Crippen LogP contribution is -2.62. The summed E-state index contributed by atoms with van der Waals surface area (Å²) in [6.07, 6.45) is -0.577. The van der Waals surface area contributed by atoms with Crippen LogP contribution in [-0.4, -0.2) is 115 Å². The molecule has 1 aliphatic heterocycles. The number of nitrogens with zero attached hydrogens (tertiary/aromatic N) is 3. The number of carboxylic acid groups (broad SMARTS) is 1. The highest BCUT2D eigenvalue weighted by Gasteiger charge is 2.40. The summed E-state index contributed by atoms with van der Waals surface area (Å²) >= 11 is 0. The lowest BCUT2D eigenvalue weighted by atomic mass is 9.90. The highest BCUT2D eigenvalue weighted by atomic mass is 16.6. The first-order valence-electron chi connectivity index (χ1n) is 18.0. The Balaban J connectivity index is 1.38. The summed E-state index contributed by atoms with van der Waals surface area (Å²) in [5.41, 5.74) is 4.68. The highest BCUT2D eigenvalue weighted by Crippen LogP contribution is 2.44. The van der Waals surface area contributed by atoms with E-state index < -0.39 is 30.2 Å². The number of carbonyl (C=O) groups excluding carboxylic acids is 3. The van der Waals surface area contributed by atoms with Gasteiger partial charge in [-0.05, 0) is 40.0 Å². The number of ether oxygens (including phenoxy) is 2. The number of hydrogen-bond acceptors (Lipinski definition) is 7. The molecule has 3 amide bonds. The third-order valence-electron chi connectivity index (χ3n) is 10.5. The molecule has 11 heteroatoms. The van der Waals surface area contributed by atoms with E-state index in [1.54, 1.807) is 16.8 Å². The van der Waals surface area contributed by atoms with Gasteiger partial charge in [-0.1, -0.05) is 96.5 Å².